The summed E-state index contributed by atoms with van der Waals surface area (Å²) in [6.07, 6.45) is 2.70. The average Bonchev–Trinajstić information content (AvgIpc) is 3.08. The fraction of sp³-hybridized carbons (Fsp3) is 0.211. The molecule has 2 aromatic carbocycles. The largest absolute Gasteiger partial charge is 0.493 e. The van der Waals surface area contributed by atoms with Crippen molar-refractivity contribution in [2.45, 2.75) is 6.42 Å². The number of rotatable bonds is 6. The summed E-state index contributed by atoms with van der Waals surface area (Å²) >= 11 is 0. The monoisotopic (exact) mass is 324 g/mol. The van der Waals surface area contributed by atoms with E-state index in [1.165, 1.54) is 10.9 Å². The zero-order chi connectivity index (χ0) is 16.9. The van der Waals surface area contributed by atoms with Crippen LogP contribution in [0.1, 0.15) is 15.9 Å². The number of amides is 1. The van der Waals surface area contributed by atoms with Crippen molar-refractivity contribution in [3.05, 3.63) is 59.8 Å². The first-order chi connectivity index (χ1) is 11.7. The average molecular weight is 324 g/mol. The molecule has 0 aliphatic carbocycles. The lowest BCUT2D eigenvalue weighted by molar-refractivity contribution is 0.0953. The van der Waals surface area contributed by atoms with E-state index in [1.807, 2.05) is 12.3 Å². The van der Waals surface area contributed by atoms with Crippen molar-refractivity contribution in [2.24, 2.45) is 0 Å². The molecule has 0 spiro atoms. The third kappa shape index (κ3) is 3.35. The van der Waals surface area contributed by atoms with Gasteiger partial charge in [0.15, 0.2) is 11.5 Å². The van der Waals surface area contributed by atoms with E-state index in [0.717, 1.165) is 11.9 Å². The van der Waals surface area contributed by atoms with E-state index in [4.69, 9.17) is 9.47 Å². The van der Waals surface area contributed by atoms with Crippen LogP contribution in [0.4, 0.5) is 0 Å². The summed E-state index contributed by atoms with van der Waals surface area (Å²) in [5, 5.41) is 4.12. The third-order valence-corrected chi connectivity index (χ3v) is 3.96. The number of fused-ring (bicyclic) bond motifs is 1. The molecule has 0 saturated carbocycles. The maximum absolute atomic E-state index is 12.3. The highest BCUT2D eigenvalue weighted by atomic mass is 16.5. The lowest BCUT2D eigenvalue weighted by Gasteiger charge is -2.10. The second-order valence-electron chi connectivity index (χ2n) is 5.47. The fourth-order valence-electron chi connectivity index (χ4n) is 2.65. The van der Waals surface area contributed by atoms with E-state index in [0.29, 0.717) is 23.6 Å². The van der Waals surface area contributed by atoms with Gasteiger partial charge in [0.1, 0.15) is 0 Å². The summed E-state index contributed by atoms with van der Waals surface area (Å²) < 4.78 is 10.4. The first-order valence-corrected chi connectivity index (χ1v) is 7.77. The SMILES string of the molecule is COc1ccc(C(=O)NCCc2ccc3cc[nH]c3c2)cc1OC. The van der Waals surface area contributed by atoms with Crippen molar-refractivity contribution in [3.8, 4) is 11.5 Å². The van der Waals surface area contributed by atoms with Crippen LogP contribution in [0.5, 0.6) is 11.5 Å². The fourth-order valence-corrected chi connectivity index (χ4v) is 2.65. The molecule has 124 valence electrons. The third-order valence-electron chi connectivity index (χ3n) is 3.96. The Balaban J connectivity index is 1.60. The highest BCUT2D eigenvalue weighted by Gasteiger charge is 2.10. The second-order valence-corrected chi connectivity index (χ2v) is 5.47. The predicted octanol–water partition coefficient (Wildman–Crippen LogP) is 3.16. The summed E-state index contributed by atoms with van der Waals surface area (Å²) in [7, 11) is 3.12. The van der Waals surface area contributed by atoms with Crippen LogP contribution in [-0.4, -0.2) is 31.7 Å². The van der Waals surface area contributed by atoms with Gasteiger partial charge in [-0.1, -0.05) is 12.1 Å². The Morgan fingerprint density at radius 1 is 1.04 bits per heavy atom. The first-order valence-electron chi connectivity index (χ1n) is 7.77. The van der Waals surface area contributed by atoms with Gasteiger partial charge in [0.05, 0.1) is 14.2 Å². The minimum absolute atomic E-state index is 0.128. The molecule has 3 aromatic rings. The molecule has 0 unspecified atom stereocenters. The molecule has 0 aliphatic rings. The quantitative estimate of drug-likeness (QED) is 0.732. The van der Waals surface area contributed by atoms with Crippen LogP contribution in [-0.2, 0) is 6.42 Å². The Kier molecular flexibility index (Phi) is 4.70. The zero-order valence-corrected chi connectivity index (χ0v) is 13.8. The molecule has 5 nitrogen and oxygen atoms in total. The Labute approximate surface area is 140 Å². The van der Waals surface area contributed by atoms with E-state index in [2.05, 4.69) is 28.5 Å². The molecule has 1 aromatic heterocycles. The Bertz CT molecular complexity index is 855. The Morgan fingerprint density at radius 3 is 2.67 bits per heavy atom. The van der Waals surface area contributed by atoms with Crippen molar-refractivity contribution >= 4 is 16.8 Å². The van der Waals surface area contributed by atoms with Crippen LogP contribution >= 0.6 is 0 Å². The van der Waals surface area contributed by atoms with Gasteiger partial charge in [-0.05, 0) is 47.7 Å². The number of ether oxygens (including phenoxy) is 2. The molecule has 0 fully saturated rings. The molecule has 1 heterocycles. The number of methoxy groups -OCH3 is 2. The van der Waals surface area contributed by atoms with Crippen molar-refractivity contribution in [1.82, 2.24) is 10.3 Å². The van der Waals surface area contributed by atoms with Crippen LogP contribution in [0.3, 0.4) is 0 Å². The molecule has 3 rings (SSSR count). The maximum Gasteiger partial charge on any atom is 0.251 e. The van der Waals surface area contributed by atoms with Gasteiger partial charge in [-0.3, -0.25) is 4.79 Å². The second kappa shape index (κ2) is 7.08. The van der Waals surface area contributed by atoms with Crippen molar-refractivity contribution in [2.75, 3.05) is 20.8 Å². The van der Waals surface area contributed by atoms with Gasteiger partial charge in [-0.15, -0.1) is 0 Å². The number of aromatic amines is 1. The number of nitrogens with one attached hydrogen (secondary N) is 2. The lowest BCUT2D eigenvalue weighted by Crippen LogP contribution is -2.25. The number of hydrogen-bond donors (Lipinski definition) is 2. The van der Waals surface area contributed by atoms with Gasteiger partial charge < -0.3 is 19.8 Å². The topological polar surface area (TPSA) is 63.3 Å². The number of carbonyl (C=O) groups excluding carboxylic acids is 1. The van der Waals surface area contributed by atoms with Gasteiger partial charge >= 0.3 is 0 Å². The molecule has 0 bridgehead atoms. The minimum atomic E-state index is -0.128. The number of carbonyl (C=O) groups is 1. The molecule has 5 heteroatoms. The van der Waals surface area contributed by atoms with Crippen LogP contribution in [0.2, 0.25) is 0 Å². The van der Waals surface area contributed by atoms with E-state index in [9.17, 15) is 4.79 Å². The molecule has 1 amide bonds. The smallest absolute Gasteiger partial charge is 0.251 e. The van der Waals surface area contributed by atoms with E-state index in [1.54, 1.807) is 32.4 Å². The van der Waals surface area contributed by atoms with Crippen molar-refractivity contribution < 1.29 is 14.3 Å². The van der Waals surface area contributed by atoms with Gasteiger partial charge in [0, 0.05) is 23.8 Å². The summed E-state index contributed by atoms with van der Waals surface area (Å²) in [5.41, 5.74) is 2.84. The maximum atomic E-state index is 12.3. The molecule has 24 heavy (non-hydrogen) atoms. The van der Waals surface area contributed by atoms with E-state index >= 15 is 0 Å². The summed E-state index contributed by atoms with van der Waals surface area (Å²) in [4.78, 5) is 15.5. The van der Waals surface area contributed by atoms with Gasteiger partial charge in [-0.2, -0.15) is 0 Å². The standard InChI is InChI=1S/C19H20N2O3/c1-23-17-6-5-15(12-18(17)24-2)19(22)21-9-7-13-3-4-14-8-10-20-16(14)11-13/h3-6,8,10-12,20H,7,9H2,1-2H3,(H,21,22). The van der Waals surface area contributed by atoms with E-state index in [-0.39, 0.29) is 5.91 Å². The lowest BCUT2D eigenvalue weighted by atomic mass is 10.1. The highest BCUT2D eigenvalue weighted by molar-refractivity contribution is 5.94. The van der Waals surface area contributed by atoms with E-state index < -0.39 is 0 Å². The predicted molar refractivity (Wildman–Crippen MR) is 93.9 cm³/mol. The van der Waals surface area contributed by atoms with Crippen LogP contribution in [0, 0.1) is 0 Å². The molecule has 0 saturated heterocycles. The number of H-pyrrole nitrogens is 1. The highest BCUT2D eigenvalue weighted by Crippen LogP contribution is 2.27. The number of hydrogen-bond acceptors (Lipinski definition) is 3. The van der Waals surface area contributed by atoms with Crippen LogP contribution in [0.25, 0.3) is 10.9 Å². The molecule has 0 aliphatic heterocycles. The normalized spacial score (nSPS) is 10.6. The van der Waals surface area contributed by atoms with Gasteiger partial charge in [0.25, 0.3) is 5.91 Å². The van der Waals surface area contributed by atoms with Crippen LogP contribution < -0.4 is 14.8 Å². The molecule has 2 N–H and O–H groups in total. The van der Waals surface area contributed by atoms with Crippen molar-refractivity contribution in [3.63, 3.8) is 0 Å². The first kappa shape index (κ1) is 15.9. The Hall–Kier alpha value is -2.95. The van der Waals surface area contributed by atoms with Gasteiger partial charge in [0.2, 0.25) is 0 Å². The van der Waals surface area contributed by atoms with Crippen LogP contribution in [0.15, 0.2) is 48.7 Å². The molecule has 0 radical (unpaired) electrons. The molecular formula is C19H20N2O3. The molecule has 0 atom stereocenters. The zero-order valence-electron chi connectivity index (χ0n) is 13.8. The Morgan fingerprint density at radius 2 is 1.88 bits per heavy atom. The minimum Gasteiger partial charge on any atom is -0.493 e. The molecular weight excluding hydrogens is 304 g/mol. The number of aromatic nitrogens is 1. The van der Waals surface area contributed by atoms with Crippen molar-refractivity contribution in [1.29, 1.82) is 0 Å². The summed E-state index contributed by atoms with van der Waals surface area (Å²) in [6, 6.07) is 13.4. The van der Waals surface area contributed by atoms with Gasteiger partial charge in [-0.25, -0.2) is 0 Å². The number of benzene rings is 2. The summed E-state index contributed by atoms with van der Waals surface area (Å²) in [5.74, 6) is 1.02. The summed E-state index contributed by atoms with van der Waals surface area (Å²) in [6.45, 7) is 0.569.